The van der Waals surface area contributed by atoms with Crippen molar-refractivity contribution in [1.29, 1.82) is 0 Å². The van der Waals surface area contributed by atoms with Crippen LogP contribution in [0, 0.1) is 0 Å². The SMILES string of the molecule is CCOc1ccc(/C=C2\SC(N3CCCC[C@@H]3C)=NC2=O)cc1. The molecule has 0 radical (unpaired) electrons. The number of carbonyl (C=O) groups excluding carboxylic acids is 1. The molecule has 2 aliphatic rings. The third kappa shape index (κ3) is 3.78. The number of thioether (sulfide) groups is 1. The zero-order chi connectivity index (χ0) is 16.2. The molecule has 1 aromatic rings. The van der Waals surface area contributed by atoms with Crippen LogP contribution in [-0.4, -0.2) is 35.2 Å². The predicted molar refractivity (Wildman–Crippen MR) is 95.6 cm³/mol. The summed E-state index contributed by atoms with van der Waals surface area (Å²) >= 11 is 1.49. The molecule has 0 unspecified atom stereocenters. The lowest BCUT2D eigenvalue weighted by Gasteiger charge is -2.34. The second-order valence-corrected chi connectivity index (χ2v) is 6.86. The lowest BCUT2D eigenvalue weighted by Crippen LogP contribution is -2.40. The maximum Gasteiger partial charge on any atom is 0.286 e. The van der Waals surface area contributed by atoms with Crippen molar-refractivity contribution in [3.8, 4) is 5.75 Å². The van der Waals surface area contributed by atoms with E-state index in [4.69, 9.17) is 4.74 Å². The van der Waals surface area contributed by atoms with E-state index in [9.17, 15) is 4.79 Å². The first kappa shape index (κ1) is 16.1. The fraction of sp³-hybridized carbons (Fsp3) is 0.444. The van der Waals surface area contributed by atoms with E-state index in [1.165, 1.54) is 31.0 Å². The Balaban J connectivity index is 1.71. The second kappa shape index (κ2) is 7.21. The van der Waals surface area contributed by atoms with Crippen molar-refractivity contribution in [2.45, 2.75) is 39.2 Å². The summed E-state index contributed by atoms with van der Waals surface area (Å²) in [7, 11) is 0. The third-order valence-corrected chi connectivity index (χ3v) is 5.17. The molecule has 0 aromatic heterocycles. The van der Waals surface area contributed by atoms with Gasteiger partial charge in [0.2, 0.25) is 0 Å². The van der Waals surface area contributed by atoms with Crippen LogP contribution in [0.4, 0.5) is 0 Å². The zero-order valence-electron chi connectivity index (χ0n) is 13.6. The molecular weight excluding hydrogens is 308 g/mol. The Labute approximate surface area is 141 Å². The summed E-state index contributed by atoms with van der Waals surface area (Å²) < 4.78 is 5.44. The number of amides is 1. The average molecular weight is 330 g/mol. The van der Waals surface area contributed by atoms with E-state index in [0.717, 1.165) is 23.0 Å². The van der Waals surface area contributed by atoms with Crippen molar-refractivity contribution in [2.24, 2.45) is 4.99 Å². The minimum Gasteiger partial charge on any atom is -0.494 e. The fourth-order valence-electron chi connectivity index (χ4n) is 2.88. The molecule has 2 heterocycles. The third-order valence-electron chi connectivity index (χ3n) is 4.15. The molecule has 0 saturated carbocycles. The molecule has 1 amide bonds. The largest absolute Gasteiger partial charge is 0.494 e. The van der Waals surface area contributed by atoms with Gasteiger partial charge in [-0.1, -0.05) is 12.1 Å². The molecule has 2 aliphatic heterocycles. The van der Waals surface area contributed by atoms with E-state index in [1.807, 2.05) is 37.3 Å². The maximum atomic E-state index is 12.2. The average Bonchev–Trinajstić information content (AvgIpc) is 2.91. The highest BCUT2D eigenvalue weighted by atomic mass is 32.2. The van der Waals surface area contributed by atoms with Gasteiger partial charge in [0, 0.05) is 12.6 Å². The van der Waals surface area contributed by atoms with Crippen LogP contribution in [0.5, 0.6) is 5.75 Å². The predicted octanol–water partition coefficient (Wildman–Crippen LogP) is 3.93. The number of amidine groups is 1. The minimum atomic E-state index is -0.128. The molecule has 23 heavy (non-hydrogen) atoms. The molecule has 122 valence electrons. The molecule has 0 N–H and O–H groups in total. The molecule has 1 fully saturated rings. The number of aliphatic imine (C=N–C) groups is 1. The van der Waals surface area contributed by atoms with Gasteiger partial charge in [-0.2, -0.15) is 4.99 Å². The van der Waals surface area contributed by atoms with Crippen LogP contribution in [0.3, 0.4) is 0 Å². The molecule has 0 spiro atoms. The molecule has 0 aliphatic carbocycles. The van der Waals surface area contributed by atoms with E-state index >= 15 is 0 Å². The maximum absolute atomic E-state index is 12.2. The lowest BCUT2D eigenvalue weighted by molar-refractivity contribution is -0.113. The Morgan fingerprint density at radius 2 is 2.13 bits per heavy atom. The van der Waals surface area contributed by atoms with Crippen molar-refractivity contribution < 1.29 is 9.53 Å². The first-order valence-electron chi connectivity index (χ1n) is 8.19. The van der Waals surface area contributed by atoms with Crippen molar-refractivity contribution >= 4 is 28.9 Å². The van der Waals surface area contributed by atoms with Gasteiger partial charge in [0.15, 0.2) is 5.17 Å². The highest BCUT2D eigenvalue weighted by Crippen LogP contribution is 2.33. The van der Waals surface area contributed by atoms with Crippen LogP contribution in [0.1, 0.15) is 38.7 Å². The van der Waals surface area contributed by atoms with Crippen molar-refractivity contribution in [2.75, 3.05) is 13.2 Å². The molecular formula is C18H22N2O2S. The molecule has 0 bridgehead atoms. The quantitative estimate of drug-likeness (QED) is 0.788. The number of rotatable bonds is 3. The Morgan fingerprint density at radius 1 is 1.35 bits per heavy atom. The Morgan fingerprint density at radius 3 is 2.83 bits per heavy atom. The number of benzene rings is 1. The molecule has 4 nitrogen and oxygen atoms in total. The molecule has 1 atom stereocenters. The molecule has 1 saturated heterocycles. The van der Waals surface area contributed by atoms with Gasteiger partial charge in [-0.3, -0.25) is 4.79 Å². The van der Waals surface area contributed by atoms with Gasteiger partial charge in [-0.15, -0.1) is 0 Å². The van der Waals surface area contributed by atoms with Crippen LogP contribution in [0.25, 0.3) is 6.08 Å². The summed E-state index contributed by atoms with van der Waals surface area (Å²) in [6, 6.07) is 8.25. The van der Waals surface area contributed by atoms with Gasteiger partial charge in [0.05, 0.1) is 11.5 Å². The van der Waals surface area contributed by atoms with E-state index in [2.05, 4.69) is 16.8 Å². The summed E-state index contributed by atoms with van der Waals surface area (Å²) in [5.41, 5.74) is 0.993. The van der Waals surface area contributed by atoms with Crippen LogP contribution in [0.2, 0.25) is 0 Å². The van der Waals surface area contributed by atoms with Gasteiger partial charge in [0.1, 0.15) is 5.75 Å². The number of nitrogens with zero attached hydrogens (tertiary/aromatic N) is 2. The number of ether oxygens (including phenoxy) is 1. The summed E-state index contributed by atoms with van der Waals surface area (Å²) in [5, 5.41) is 0.861. The van der Waals surface area contributed by atoms with Gasteiger partial charge >= 0.3 is 0 Å². The Hall–Kier alpha value is -1.75. The summed E-state index contributed by atoms with van der Waals surface area (Å²) in [6.45, 7) is 5.82. The van der Waals surface area contributed by atoms with Crippen molar-refractivity contribution in [3.05, 3.63) is 34.7 Å². The number of likely N-dealkylation sites (tertiary alicyclic amines) is 1. The number of carbonyl (C=O) groups is 1. The summed E-state index contributed by atoms with van der Waals surface area (Å²) in [5.74, 6) is 0.718. The standard InChI is InChI=1S/C18H22N2O2S/c1-3-22-15-9-7-14(8-10-15)12-16-17(21)19-18(23-16)20-11-5-4-6-13(20)2/h7-10,12-13H,3-6,11H2,1-2H3/b16-12-/t13-/m0/s1. The van der Waals surface area contributed by atoms with Crippen LogP contribution >= 0.6 is 11.8 Å². The van der Waals surface area contributed by atoms with Crippen LogP contribution in [0.15, 0.2) is 34.2 Å². The van der Waals surface area contributed by atoms with Crippen molar-refractivity contribution in [3.63, 3.8) is 0 Å². The van der Waals surface area contributed by atoms with Gasteiger partial charge in [0.25, 0.3) is 5.91 Å². The monoisotopic (exact) mass is 330 g/mol. The van der Waals surface area contributed by atoms with Crippen LogP contribution in [-0.2, 0) is 4.79 Å². The highest BCUT2D eigenvalue weighted by molar-refractivity contribution is 8.18. The molecule has 1 aromatic carbocycles. The Bertz CT molecular complexity index is 637. The summed E-state index contributed by atoms with van der Waals surface area (Å²) in [6.07, 6.45) is 5.52. The minimum absolute atomic E-state index is 0.128. The van der Waals surface area contributed by atoms with E-state index in [0.29, 0.717) is 17.6 Å². The second-order valence-electron chi connectivity index (χ2n) is 5.85. The first-order valence-corrected chi connectivity index (χ1v) is 9.01. The van der Waals surface area contributed by atoms with E-state index < -0.39 is 0 Å². The normalized spacial score (nSPS) is 23.3. The van der Waals surface area contributed by atoms with Gasteiger partial charge in [-0.25, -0.2) is 0 Å². The number of hydrogen-bond acceptors (Lipinski definition) is 4. The van der Waals surface area contributed by atoms with Crippen molar-refractivity contribution in [1.82, 2.24) is 4.90 Å². The number of hydrogen-bond donors (Lipinski definition) is 0. The van der Waals surface area contributed by atoms with Crippen LogP contribution < -0.4 is 4.74 Å². The first-order chi connectivity index (χ1) is 11.2. The topological polar surface area (TPSA) is 41.9 Å². The highest BCUT2D eigenvalue weighted by Gasteiger charge is 2.29. The zero-order valence-corrected chi connectivity index (χ0v) is 14.4. The lowest BCUT2D eigenvalue weighted by atomic mass is 10.1. The molecule has 5 heteroatoms. The fourth-order valence-corrected chi connectivity index (χ4v) is 3.92. The Kier molecular flexibility index (Phi) is 5.06. The van der Waals surface area contributed by atoms with Gasteiger partial charge in [-0.05, 0) is 68.6 Å². The van der Waals surface area contributed by atoms with E-state index in [-0.39, 0.29) is 5.91 Å². The van der Waals surface area contributed by atoms with Gasteiger partial charge < -0.3 is 9.64 Å². The summed E-state index contributed by atoms with van der Waals surface area (Å²) in [4.78, 5) is 19.4. The number of piperidine rings is 1. The van der Waals surface area contributed by atoms with E-state index in [1.54, 1.807) is 0 Å². The smallest absolute Gasteiger partial charge is 0.286 e. The molecule has 3 rings (SSSR count).